The Labute approximate surface area is 174 Å². The number of hydrogen-bond donors (Lipinski definition) is 0. The summed E-state index contributed by atoms with van der Waals surface area (Å²) in [6, 6.07) is 4.88. The third kappa shape index (κ3) is 4.43. The molecule has 1 aromatic carbocycles. The molecule has 0 saturated carbocycles. The molecule has 0 atom stereocenters. The molecule has 0 N–H and O–H groups in total. The van der Waals surface area contributed by atoms with E-state index in [-0.39, 0.29) is 11.0 Å². The number of benzene rings is 1. The zero-order valence-electron chi connectivity index (χ0n) is 16.8. The van der Waals surface area contributed by atoms with E-state index in [1.807, 2.05) is 6.92 Å². The predicted molar refractivity (Wildman–Crippen MR) is 110 cm³/mol. The second-order valence-corrected chi connectivity index (χ2v) is 7.90. The van der Waals surface area contributed by atoms with Crippen molar-refractivity contribution < 1.29 is 13.2 Å². The molecule has 6 nitrogen and oxygen atoms in total. The molecule has 0 aliphatic rings. The number of nitrogens with zero attached hydrogens (tertiary/aromatic N) is 4. The van der Waals surface area contributed by atoms with Gasteiger partial charge in [-0.1, -0.05) is 25.5 Å². The number of rotatable bonds is 6. The second-order valence-electron chi connectivity index (χ2n) is 6.94. The van der Waals surface area contributed by atoms with Gasteiger partial charge >= 0.3 is 11.9 Å². The topological polar surface area (TPSA) is 69.8 Å². The van der Waals surface area contributed by atoms with Crippen LogP contribution in [0.5, 0.6) is 0 Å². The monoisotopic (exact) mass is 438 g/mol. The molecule has 2 heterocycles. The highest BCUT2D eigenvalue weighted by Gasteiger charge is 2.30. The minimum atomic E-state index is -4.39. The van der Waals surface area contributed by atoms with E-state index in [1.54, 1.807) is 7.05 Å². The highest BCUT2D eigenvalue weighted by Crippen LogP contribution is 2.31. The molecule has 0 radical (unpaired) electrons. The van der Waals surface area contributed by atoms with Crippen LogP contribution in [0.25, 0.3) is 11.0 Å². The van der Waals surface area contributed by atoms with Crippen molar-refractivity contribution in [2.45, 2.75) is 43.1 Å². The first kappa shape index (κ1) is 22.1. The van der Waals surface area contributed by atoms with Gasteiger partial charge in [-0.15, -0.1) is 11.8 Å². The first-order chi connectivity index (χ1) is 14.1. The van der Waals surface area contributed by atoms with Crippen LogP contribution < -0.4 is 11.2 Å². The van der Waals surface area contributed by atoms with Crippen molar-refractivity contribution in [3.8, 4) is 0 Å². The number of hydrogen-bond acceptors (Lipinski definition) is 5. The van der Waals surface area contributed by atoms with Crippen molar-refractivity contribution in [3.05, 3.63) is 62.1 Å². The fourth-order valence-corrected chi connectivity index (χ4v) is 3.95. The molecule has 3 rings (SSSR count). The van der Waals surface area contributed by atoms with Crippen molar-refractivity contribution in [1.29, 1.82) is 0 Å². The average molecular weight is 438 g/mol. The summed E-state index contributed by atoms with van der Waals surface area (Å²) < 4.78 is 40.6. The molecule has 3 aromatic rings. The molecule has 30 heavy (non-hydrogen) atoms. The van der Waals surface area contributed by atoms with E-state index < -0.39 is 23.0 Å². The lowest BCUT2D eigenvalue weighted by Gasteiger charge is -2.12. The molecule has 0 unspecified atom stereocenters. The zero-order valence-corrected chi connectivity index (χ0v) is 17.6. The first-order valence-electron chi connectivity index (χ1n) is 9.39. The first-order valence-corrected chi connectivity index (χ1v) is 10.4. The lowest BCUT2D eigenvalue weighted by molar-refractivity contribution is -0.137. The van der Waals surface area contributed by atoms with Gasteiger partial charge in [0.15, 0.2) is 5.65 Å². The fraction of sp³-hybridized carbons (Fsp3) is 0.400. The van der Waals surface area contributed by atoms with Gasteiger partial charge in [0.05, 0.1) is 5.56 Å². The van der Waals surface area contributed by atoms with Crippen LogP contribution in [0, 0.1) is 0 Å². The molecule has 2 aromatic heterocycles. The molecule has 0 bridgehead atoms. The van der Waals surface area contributed by atoms with Crippen LogP contribution in [0.2, 0.25) is 0 Å². The van der Waals surface area contributed by atoms with E-state index in [0.29, 0.717) is 28.6 Å². The zero-order chi connectivity index (χ0) is 22.1. The summed E-state index contributed by atoms with van der Waals surface area (Å²) in [6.07, 6.45) is -2.00. The van der Waals surface area contributed by atoms with Crippen LogP contribution in [-0.4, -0.2) is 19.1 Å². The molecular weight excluding hydrogens is 417 g/mol. The van der Waals surface area contributed by atoms with Crippen LogP contribution >= 0.6 is 11.8 Å². The standard InChI is InChI=1S/C20H21F3N4O2S/c1-4-5-6-14-24-16-15(18(28)27(3)19(29)26(16)2)17(25-14)30-11-12-7-9-13(10-8-12)20(21,22)23/h7-10H,4-6,11H2,1-3H3. The van der Waals surface area contributed by atoms with Gasteiger partial charge in [-0.25, -0.2) is 14.8 Å². The quantitative estimate of drug-likeness (QED) is 0.434. The summed E-state index contributed by atoms with van der Waals surface area (Å²) in [4.78, 5) is 34.0. The van der Waals surface area contributed by atoms with Crippen molar-refractivity contribution >= 4 is 22.8 Å². The second kappa shape index (κ2) is 8.63. The Morgan fingerprint density at radius 1 is 1.03 bits per heavy atom. The van der Waals surface area contributed by atoms with Gasteiger partial charge in [-0.3, -0.25) is 13.9 Å². The van der Waals surface area contributed by atoms with Gasteiger partial charge in [0.1, 0.15) is 16.2 Å². The predicted octanol–water partition coefficient (Wildman–Crippen LogP) is 3.68. The Kier molecular flexibility index (Phi) is 6.35. The van der Waals surface area contributed by atoms with E-state index in [9.17, 15) is 22.8 Å². The van der Waals surface area contributed by atoms with Crippen LogP contribution in [0.3, 0.4) is 0 Å². The van der Waals surface area contributed by atoms with Crippen LogP contribution in [-0.2, 0) is 32.4 Å². The number of halogens is 3. The molecule has 10 heteroatoms. The third-order valence-electron chi connectivity index (χ3n) is 4.72. The number of unbranched alkanes of at least 4 members (excludes halogenated alkanes) is 1. The molecule has 0 spiro atoms. The largest absolute Gasteiger partial charge is 0.416 e. The van der Waals surface area contributed by atoms with Crippen molar-refractivity contribution in [2.24, 2.45) is 14.1 Å². The van der Waals surface area contributed by atoms with E-state index in [1.165, 1.54) is 35.5 Å². The van der Waals surface area contributed by atoms with Gasteiger partial charge in [0.2, 0.25) is 0 Å². The number of aryl methyl sites for hydroxylation is 2. The molecule has 0 fully saturated rings. The SMILES string of the molecule is CCCCc1nc(SCc2ccc(C(F)(F)F)cc2)c2c(=O)n(C)c(=O)n(C)c2n1. The fourth-order valence-electron chi connectivity index (χ4n) is 2.96. The lowest BCUT2D eigenvalue weighted by atomic mass is 10.1. The van der Waals surface area contributed by atoms with Crippen molar-refractivity contribution in [1.82, 2.24) is 19.1 Å². The lowest BCUT2D eigenvalue weighted by Crippen LogP contribution is -2.37. The summed E-state index contributed by atoms with van der Waals surface area (Å²) in [6.45, 7) is 2.03. The molecule has 160 valence electrons. The minimum absolute atomic E-state index is 0.233. The summed E-state index contributed by atoms with van der Waals surface area (Å²) >= 11 is 1.24. The molecule has 0 saturated heterocycles. The Bertz CT molecular complexity index is 1180. The Balaban J connectivity index is 2.03. The number of alkyl halides is 3. The van der Waals surface area contributed by atoms with Gasteiger partial charge in [-0.2, -0.15) is 13.2 Å². The maximum absolute atomic E-state index is 12.8. The van der Waals surface area contributed by atoms with Crippen molar-refractivity contribution in [2.75, 3.05) is 0 Å². The maximum atomic E-state index is 12.8. The van der Waals surface area contributed by atoms with E-state index >= 15 is 0 Å². The average Bonchev–Trinajstić information content (AvgIpc) is 2.72. The van der Waals surface area contributed by atoms with Crippen molar-refractivity contribution in [3.63, 3.8) is 0 Å². The smallest absolute Gasteiger partial charge is 0.280 e. The summed E-state index contributed by atoms with van der Waals surface area (Å²) in [5, 5.41) is 0.652. The molecular formula is C20H21F3N4O2S. The van der Waals surface area contributed by atoms with Crippen LogP contribution in [0.4, 0.5) is 13.2 Å². The van der Waals surface area contributed by atoms with E-state index in [2.05, 4.69) is 9.97 Å². The Hall–Kier alpha value is -2.62. The number of fused-ring (bicyclic) bond motifs is 1. The van der Waals surface area contributed by atoms with Crippen LogP contribution in [0.15, 0.2) is 38.9 Å². The van der Waals surface area contributed by atoms with Gasteiger partial charge in [0, 0.05) is 26.3 Å². The number of thioether (sulfide) groups is 1. The molecule has 0 aliphatic carbocycles. The summed E-state index contributed by atoms with van der Waals surface area (Å²) in [5.41, 5.74) is -0.763. The highest BCUT2D eigenvalue weighted by molar-refractivity contribution is 7.98. The van der Waals surface area contributed by atoms with Gasteiger partial charge < -0.3 is 0 Å². The van der Waals surface area contributed by atoms with Gasteiger partial charge in [-0.05, 0) is 24.1 Å². The molecule has 0 amide bonds. The summed E-state index contributed by atoms with van der Waals surface area (Å²) in [5.74, 6) is 0.853. The van der Waals surface area contributed by atoms with E-state index in [4.69, 9.17) is 0 Å². The third-order valence-corrected chi connectivity index (χ3v) is 5.77. The Morgan fingerprint density at radius 2 is 1.70 bits per heavy atom. The van der Waals surface area contributed by atoms with Crippen LogP contribution in [0.1, 0.15) is 36.7 Å². The summed E-state index contributed by atoms with van der Waals surface area (Å²) in [7, 11) is 2.93. The maximum Gasteiger partial charge on any atom is 0.416 e. The van der Waals surface area contributed by atoms with Gasteiger partial charge in [0.25, 0.3) is 5.56 Å². The highest BCUT2D eigenvalue weighted by atomic mass is 32.2. The normalized spacial score (nSPS) is 11.9. The number of aromatic nitrogens is 4. The molecule has 0 aliphatic heterocycles. The van der Waals surface area contributed by atoms with E-state index in [0.717, 1.165) is 29.5 Å². The Morgan fingerprint density at radius 3 is 2.30 bits per heavy atom. The minimum Gasteiger partial charge on any atom is -0.280 e.